The molecule has 3 N–H and O–H groups in total. The number of methoxy groups -OCH3 is 1. The molecule has 1 aliphatic rings. The number of ether oxygens (including phenoxy) is 1. The largest absolute Gasteiger partial charge is 0.496 e. The van der Waals surface area contributed by atoms with E-state index >= 15 is 0 Å². The van der Waals surface area contributed by atoms with E-state index in [4.69, 9.17) is 10.5 Å². The topological polar surface area (TPSA) is 47.3 Å². The maximum absolute atomic E-state index is 6.02. The predicted molar refractivity (Wildman–Crippen MR) is 84.0 cm³/mol. The van der Waals surface area contributed by atoms with Gasteiger partial charge in [0.25, 0.3) is 0 Å². The molecule has 0 saturated heterocycles. The van der Waals surface area contributed by atoms with Crippen LogP contribution in [0, 0.1) is 11.8 Å². The average molecular weight is 276 g/mol. The van der Waals surface area contributed by atoms with E-state index in [1.54, 1.807) is 7.11 Å². The fourth-order valence-corrected chi connectivity index (χ4v) is 2.72. The Labute approximate surface area is 122 Å². The highest BCUT2D eigenvalue weighted by atomic mass is 16.5. The van der Waals surface area contributed by atoms with Gasteiger partial charge >= 0.3 is 0 Å². The second kappa shape index (κ2) is 6.59. The summed E-state index contributed by atoms with van der Waals surface area (Å²) in [6.07, 6.45) is 3.69. The molecule has 1 aliphatic carbocycles. The lowest BCUT2D eigenvalue weighted by atomic mass is 9.91. The first-order valence-electron chi connectivity index (χ1n) is 7.65. The van der Waals surface area contributed by atoms with Crippen molar-refractivity contribution in [1.82, 2.24) is 5.32 Å². The van der Waals surface area contributed by atoms with Gasteiger partial charge in [0.05, 0.1) is 7.11 Å². The van der Waals surface area contributed by atoms with Crippen LogP contribution in [0.1, 0.15) is 32.3 Å². The molecule has 0 heterocycles. The van der Waals surface area contributed by atoms with Gasteiger partial charge in [-0.1, -0.05) is 25.1 Å². The maximum atomic E-state index is 6.02. The van der Waals surface area contributed by atoms with E-state index in [2.05, 4.69) is 31.3 Å². The fourth-order valence-electron chi connectivity index (χ4n) is 2.72. The maximum Gasteiger partial charge on any atom is 0.122 e. The Hall–Kier alpha value is -1.06. The van der Waals surface area contributed by atoms with Crippen molar-refractivity contribution in [2.45, 2.75) is 38.6 Å². The predicted octanol–water partition coefficient (Wildman–Crippen LogP) is 2.59. The third-order valence-corrected chi connectivity index (χ3v) is 4.50. The van der Waals surface area contributed by atoms with Crippen LogP contribution in [0.3, 0.4) is 0 Å². The zero-order valence-corrected chi connectivity index (χ0v) is 13.0. The number of benzene rings is 1. The summed E-state index contributed by atoms with van der Waals surface area (Å²) in [6, 6.07) is 8.20. The smallest absolute Gasteiger partial charge is 0.122 e. The first-order chi connectivity index (χ1) is 9.58. The van der Waals surface area contributed by atoms with Crippen LogP contribution in [0.15, 0.2) is 24.3 Å². The molecule has 1 fully saturated rings. The summed E-state index contributed by atoms with van der Waals surface area (Å²) in [5, 5.41) is 3.69. The Morgan fingerprint density at radius 2 is 2.10 bits per heavy atom. The van der Waals surface area contributed by atoms with Crippen molar-refractivity contribution in [1.29, 1.82) is 0 Å². The van der Waals surface area contributed by atoms with E-state index in [1.165, 1.54) is 18.4 Å². The third kappa shape index (κ3) is 3.97. The Kier molecular flexibility index (Phi) is 5.06. The number of para-hydroxylation sites is 1. The van der Waals surface area contributed by atoms with E-state index in [0.29, 0.717) is 6.54 Å². The minimum Gasteiger partial charge on any atom is -0.496 e. The van der Waals surface area contributed by atoms with Gasteiger partial charge in [-0.25, -0.2) is 0 Å². The van der Waals surface area contributed by atoms with Crippen molar-refractivity contribution < 1.29 is 4.74 Å². The quantitative estimate of drug-likeness (QED) is 0.767. The normalized spacial score (nSPS) is 19.4. The van der Waals surface area contributed by atoms with Gasteiger partial charge < -0.3 is 15.8 Å². The molecule has 2 rings (SSSR count). The molecule has 2 atom stereocenters. The van der Waals surface area contributed by atoms with Gasteiger partial charge in [0.2, 0.25) is 0 Å². The fraction of sp³-hybridized carbons (Fsp3) is 0.647. The molecule has 1 aromatic rings. The van der Waals surface area contributed by atoms with E-state index < -0.39 is 0 Å². The van der Waals surface area contributed by atoms with E-state index in [-0.39, 0.29) is 5.54 Å². The zero-order chi connectivity index (χ0) is 14.6. The second-order valence-electron chi connectivity index (χ2n) is 6.45. The lowest BCUT2D eigenvalue weighted by Gasteiger charge is -2.31. The lowest BCUT2D eigenvalue weighted by molar-refractivity contribution is 0.317. The van der Waals surface area contributed by atoms with Crippen LogP contribution in [0.25, 0.3) is 0 Å². The number of hydrogen-bond acceptors (Lipinski definition) is 3. The van der Waals surface area contributed by atoms with Crippen molar-refractivity contribution in [3.05, 3.63) is 29.8 Å². The molecule has 0 spiro atoms. The molecule has 2 unspecified atom stereocenters. The van der Waals surface area contributed by atoms with Crippen molar-refractivity contribution in [3.63, 3.8) is 0 Å². The van der Waals surface area contributed by atoms with Crippen molar-refractivity contribution in [2.24, 2.45) is 17.6 Å². The van der Waals surface area contributed by atoms with E-state index in [9.17, 15) is 0 Å². The summed E-state index contributed by atoms with van der Waals surface area (Å²) >= 11 is 0. The summed E-state index contributed by atoms with van der Waals surface area (Å²) in [5.74, 6) is 2.62. The zero-order valence-electron chi connectivity index (χ0n) is 13.0. The monoisotopic (exact) mass is 276 g/mol. The summed E-state index contributed by atoms with van der Waals surface area (Å²) in [4.78, 5) is 0. The molecule has 3 heteroatoms. The molecule has 0 aliphatic heterocycles. The summed E-state index contributed by atoms with van der Waals surface area (Å²) in [5.41, 5.74) is 7.17. The van der Waals surface area contributed by atoms with Crippen LogP contribution in [-0.2, 0) is 6.42 Å². The number of nitrogens with two attached hydrogens (primary N) is 1. The van der Waals surface area contributed by atoms with Crippen LogP contribution >= 0.6 is 0 Å². The van der Waals surface area contributed by atoms with Crippen LogP contribution in [-0.4, -0.2) is 25.7 Å². The Morgan fingerprint density at radius 1 is 1.40 bits per heavy atom. The van der Waals surface area contributed by atoms with Crippen molar-refractivity contribution >= 4 is 0 Å². The molecular weight excluding hydrogens is 248 g/mol. The first-order valence-corrected chi connectivity index (χ1v) is 7.65. The van der Waals surface area contributed by atoms with Gasteiger partial charge in [-0.15, -0.1) is 0 Å². The highest BCUT2D eigenvalue weighted by Gasteiger charge is 2.30. The molecule has 20 heavy (non-hydrogen) atoms. The Balaban J connectivity index is 1.98. The van der Waals surface area contributed by atoms with Crippen LogP contribution in [0.5, 0.6) is 5.75 Å². The minimum absolute atomic E-state index is 0.0716. The standard InChI is InChI=1S/C17H28N2O/c1-13(14-8-9-14)11-19-17(2,12-18)10-15-6-4-5-7-16(15)20-3/h4-7,13-14,19H,8-12,18H2,1-3H3. The minimum atomic E-state index is -0.0716. The Bertz CT molecular complexity index is 431. The van der Waals surface area contributed by atoms with E-state index in [1.807, 2.05) is 12.1 Å². The van der Waals surface area contributed by atoms with Crippen molar-refractivity contribution in [3.8, 4) is 5.75 Å². The third-order valence-electron chi connectivity index (χ3n) is 4.50. The average Bonchev–Trinajstić information content (AvgIpc) is 3.30. The molecule has 112 valence electrons. The second-order valence-corrected chi connectivity index (χ2v) is 6.45. The number of rotatable bonds is 8. The summed E-state index contributed by atoms with van der Waals surface area (Å²) < 4.78 is 5.44. The van der Waals surface area contributed by atoms with Gasteiger partial charge in [0, 0.05) is 12.1 Å². The SMILES string of the molecule is COc1ccccc1CC(C)(CN)NCC(C)C1CC1. The molecule has 1 aromatic carbocycles. The van der Waals surface area contributed by atoms with Crippen LogP contribution in [0.4, 0.5) is 0 Å². The summed E-state index contributed by atoms with van der Waals surface area (Å²) in [6.45, 7) is 6.22. The summed E-state index contributed by atoms with van der Waals surface area (Å²) in [7, 11) is 1.72. The number of nitrogens with one attached hydrogen (secondary N) is 1. The molecule has 3 nitrogen and oxygen atoms in total. The van der Waals surface area contributed by atoms with Crippen LogP contribution < -0.4 is 15.8 Å². The van der Waals surface area contributed by atoms with Gasteiger partial charge in [-0.05, 0) is 56.2 Å². The van der Waals surface area contributed by atoms with Crippen molar-refractivity contribution in [2.75, 3.05) is 20.2 Å². The lowest BCUT2D eigenvalue weighted by Crippen LogP contribution is -2.51. The van der Waals surface area contributed by atoms with Crippen LogP contribution in [0.2, 0.25) is 0 Å². The molecule has 1 saturated carbocycles. The highest BCUT2D eigenvalue weighted by molar-refractivity contribution is 5.34. The Morgan fingerprint density at radius 3 is 2.70 bits per heavy atom. The van der Waals surface area contributed by atoms with Gasteiger partial charge in [0.1, 0.15) is 5.75 Å². The molecule has 0 radical (unpaired) electrons. The number of hydrogen-bond donors (Lipinski definition) is 2. The first kappa shape index (κ1) is 15.3. The van der Waals surface area contributed by atoms with Gasteiger partial charge in [-0.2, -0.15) is 0 Å². The van der Waals surface area contributed by atoms with Gasteiger partial charge in [-0.3, -0.25) is 0 Å². The van der Waals surface area contributed by atoms with E-state index in [0.717, 1.165) is 30.6 Å². The molecule has 0 amide bonds. The van der Waals surface area contributed by atoms with Gasteiger partial charge in [0.15, 0.2) is 0 Å². The highest BCUT2D eigenvalue weighted by Crippen LogP contribution is 2.36. The molecule has 0 aromatic heterocycles. The molecular formula is C17H28N2O. The molecule has 0 bridgehead atoms.